The van der Waals surface area contributed by atoms with Gasteiger partial charge in [0.15, 0.2) is 0 Å². The lowest BCUT2D eigenvalue weighted by molar-refractivity contribution is -0.126. The highest BCUT2D eigenvalue weighted by atomic mass is 33.1. The van der Waals surface area contributed by atoms with Crippen molar-refractivity contribution in [1.82, 2.24) is 10.6 Å². The predicted molar refractivity (Wildman–Crippen MR) is 162 cm³/mol. The van der Waals surface area contributed by atoms with E-state index in [9.17, 15) is 19.5 Å². The summed E-state index contributed by atoms with van der Waals surface area (Å²) in [4.78, 5) is 35.6. The third kappa shape index (κ3) is 15.0. The van der Waals surface area contributed by atoms with E-state index in [4.69, 9.17) is 35.2 Å². The molecule has 7 N–H and O–H groups in total. The van der Waals surface area contributed by atoms with Crippen molar-refractivity contribution in [3.8, 4) is 17.5 Å². The van der Waals surface area contributed by atoms with E-state index < -0.39 is 24.4 Å². The van der Waals surface area contributed by atoms with E-state index in [0.29, 0.717) is 30.8 Å². The Labute approximate surface area is 259 Å². The van der Waals surface area contributed by atoms with Crippen molar-refractivity contribution >= 4 is 46.8 Å². The Morgan fingerprint density at radius 3 is 2.84 bits per heavy atom. The van der Waals surface area contributed by atoms with Gasteiger partial charge in [-0.2, -0.15) is 5.82 Å². The first kappa shape index (κ1) is 36.5. The minimum absolute atomic E-state index is 0.0910. The Hall–Kier alpha value is -2.69. The van der Waals surface area contributed by atoms with Gasteiger partial charge in [-0.1, -0.05) is 33.6 Å². The van der Waals surface area contributed by atoms with Crippen LogP contribution in [0.1, 0.15) is 16.8 Å². The van der Waals surface area contributed by atoms with Crippen LogP contribution in [0.25, 0.3) is 0 Å². The molecule has 0 aromatic heterocycles. The van der Waals surface area contributed by atoms with Crippen LogP contribution in [0.2, 0.25) is 0 Å². The number of aliphatic hydroxyl groups excluding tert-OH is 1. The van der Waals surface area contributed by atoms with Gasteiger partial charge >= 0.3 is 6.16 Å². The molecule has 0 saturated carbocycles. The average Bonchev–Trinajstić information content (AvgIpc) is 3.39. The fourth-order valence-electron chi connectivity index (χ4n) is 3.56. The van der Waals surface area contributed by atoms with Crippen LogP contribution in [0.4, 0.5) is 4.79 Å². The molecule has 14 nitrogen and oxygen atoms in total. The van der Waals surface area contributed by atoms with E-state index >= 15 is 0 Å². The van der Waals surface area contributed by atoms with Gasteiger partial charge < -0.3 is 49.9 Å². The largest absolute Gasteiger partial charge is 0.509 e. The quantitative estimate of drug-likeness (QED) is 0.0322. The molecular formula is C26H38BN4O10S2. The molecule has 1 fully saturated rings. The smallest absolute Gasteiger partial charge is 0.490 e. The highest BCUT2D eigenvalue weighted by Crippen LogP contribution is 2.26. The van der Waals surface area contributed by atoms with Crippen LogP contribution in [-0.2, 0) is 28.5 Å². The molecule has 0 bridgehead atoms. The Balaban J connectivity index is 1.60. The number of nitrogens with one attached hydrogen (secondary N) is 2. The lowest BCUT2D eigenvalue weighted by Crippen LogP contribution is -2.30. The minimum Gasteiger partial charge on any atom is -0.490 e. The van der Waals surface area contributed by atoms with E-state index in [1.165, 1.54) is 21.6 Å². The normalized spacial score (nSPS) is 18.1. The van der Waals surface area contributed by atoms with E-state index in [2.05, 4.69) is 27.1 Å². The van der Waals surface area contributed by atoms with Crippen LogP contribution >= 0.6 is 21.6 Å². The second-order valence-corrected chi connectivity index (χ2v) is 11.2. The number of amides is 2. The standard InChI is InChI=1S/C26H38BN4O10S2/c1-42-43-24(16-38-19-5-2-4-18(12-19)25(34)31-9-7-28)37-11-10-36-15-23(33)30-8-3-6-27-22-13-20(21(14-32)40-22)41-26(35)39-17-29/h2,4-5,12,20-22,24,32H,7-11,13-17,28-29H2,1H3,(H,30,33)(H,31,34)/t20-,21?,22-,24?/m1/s1. The van der Waals surface area contributed by atoms with Crippen molar-refractivity contribution in [3.63, 3.8) is 0 Å². The lowest BCUT2D eigenvalue weighted by atomic mass is 9.71. The molecule has 1 radical (unpaired) electrons. The van der Waals surface area contributed by atoms with Crippen molar-refractivity contribution in [3.05, 3.63) is 29.8 Å². The maximum absolute atomic E-state index is 12.1. The fourth-order valence-corrected chi connectivity index (χ4v) is 5.02. The first-order chi connectivity index (χ1) is 20.9. The van der Waals surface area contributed by atoms with Crippen LogP contribution in [0.15, 0.2) is 24.3 Å². The number of rotatable bonds is 19. The molecule has 237 valence electrons. The zero-order valence-corrected chi connectivity index (χ0v) is 25.5. The predicted octanol–water partition coefficient (Wildman–Crippen LogP) is -0.549. The molecule has 0 aliphatic carbocycles. The van der Waals surface area contributed by atoms with E-state index in [1.807, 2.05) is 6.26 Å². The van der Waals surface area contributed by atoms with E-state index in [1.54, 1.807) is 31.5 Å². The lowest BCUT2D eigenvalue weighted by Gasteiger charge is -2.17. The second-order valence-electron chi connectivity index (χ2n) is 8.61. The number of carbonyl (C=O) groups is 3. The molecule has 2 amide bonds. The van der Waals surface area contributed by atoms with Crippen LogP contribution in [0.5, 0.6) is 5.75 Å². The second kappa shape index (κ2) is 21.9. The zero-order chi connectivity index (χ0) is 31.3. The van der Waals surface area contributed by atoms with Gasteiger partial charge in [-0.25, -0.2) is 4.79 Å². The highest BCUT2D eigenvalue weighted by Gasteiger charge is 2.37. The molecule has 1 heterocycles. The van der Waals surface area contributed by atoms with E-state index in [-0.39, 0.29) is 63.6 Å². The molecule has 1 aliphatic heterocycles. The van der Waals surface area contributed by atoms with Crippen molar-refractivity contribution in [1.29, 1.82) is 0 Å². The fraction of sp³-hybridized carbons (Fsp3) is 0.577. The summed E-state index contributed by atoms with van der Waals surface area (Å²) in [5, 5.41) is 14.7. The molecule has 2 unspecified atom stereocenters. The third-order valence-corrected chi connectivity index (χ3v) is 7.38. The molecule has 1 aliphatic rings. The maximum atomic E-state index is 12.1. The van der Waals surface area contributed by atoms with Gasteiger partial charge in [0.2, 0.25) is 5.91 Å². The third-order valence-electron chi connectivity index (χ3n) is 5.48. The molecule has 1 aromatic rings. The summed E-state index contributed by atoms with van der Waals surface area (Å²) in [6.45, 7) is 0.716. The molecule has 2 rings (SSSR count). The monoisotopic (exact) mass is 641 g/mol. The molecule has 17 heteroatoms. The number of carbonyl (C=O) groups excluding carboxylic acids is 3. The Morgan fingerprint density at radius 2 is 2.09 bits per heavy atom. The van der Waals surface area contributed by atoms with Crippen LogP contribution in [-0.4, -0.2) is 120 Å². The SMILES string of the molecule is CSSC(COc1cccc(C(=O)NCCN)c1)OCCOCC(=O)NCC#C[B][C@H]1C[C@@H](OC(=O)OCN)C(CO)O1. The summed E-state index contributed by atoms with van der Waals surface area (Å²) in [5.74, 6) is 5.53. The first-order valence-electron chi connectivity index (χ1n) is 13.4. The zero-order valence-electron chi connectivity index (χ0n) is 23.9. The summed E-state index contributed by atoms with van der Waals surface area (Å²) < 4.78 is 32.2. The number of ether oxygens (including phenoxy) is 6. The van der Waals surface area contributed by atoms with Gasteiger partial charge in [-0.05, 0) is 24.5 Å². The van der Waals surface area contributed by atoms with Crippen molar-refractivity contribution in [2.45, 2.75) is 30.1 Å². The van der Waals surface area contributed by atoms with Gasteiger partial charge in [-0.3, -0.25) is 15.3 Å². The Morgan fingerprint density at radius 1 is 1.26 bits per heavy atom. The number of benzene rings is 1. The summed E-state index contributed by atoms with van der Waals surface area (Å²) in [7, 11) is 4.57. The van der Waals surface area contributed by atoms with Crippen LogP contribution in [0, 0.1) is 11.7 Å². The summed E-state index contributed by atoms with van der Waals surface area (Å²) >= 11 is 0. The molecule has 4 atom stereocenters. The van der Waals surface area contributed by atoms with Gasteiger partial charge in [0, 0.05) is 31.1 Å². The molecule has 1 saturated heterocycles. The first-order valence-corrected chi connectivity index (χ1v) is 16.0. The molecular weight excluding hydrogens is 603 g/mol. The summed E-state index contributed by atoms with van der Waals surface area (Å²) in [6.07, 6.45) is -0.102. The Bertz CT molecular complexity index is 1060. The van der Waals surface area contributed by atoms with Crippen LogP contribution in [0.3, 0.4) is 0 Å². The van der Waals surface area contributed by atoms with Crippen molar-refractivity contribution < 1.29 is 47.9 Å². The van der Waals surface area contributed by atoms with Gasteiger partial charge in [0.25, 0.3) is 13.2 Å². The van der Waals surface area contributed by atoms with Crippen LogP contribution < -0.4 is 26.8 Å². The Kier molecular flexibility index (Phi) is 18.6. The highest BCUT2D eigenvalue weighted by molar-refractivity contribution is 8.76. The number of nitrogens with two attached hydrogens (primary N) is 2. The van der Waals surface area contributed by atoms with Gasteiger partial charge in [0.1, 0.15) is 43.3 Å². The number of aliphatic hydroxyl groups is 1. The maximum Gasteiger partial charge on any atom is 0.509 e. The number of hydrogen-bond donors (Lipinski definition) is 5. The topological polar surface area (TPSA) is 203 Å². The van der Waals surface area contributed by atoms with E-state index in [0.717, 1.165) is 0 Å². The molecule has 0 spiro atoms. The molecule has 1 aromatic carbocycles. The van der Waals surface area contributed by atoms with Crippen molar-refractivity contribution in [2.75, 3.05) is 65.7 Å². The average molecular weight is 642 g/mol. The van der Waals surface area contributed by atoms with Crippen molar-refractivity contribution in [2.24, 2.45) is 11.5 Å². The minimum atomic E-state index is -0.935. The summed E-state index contributed by atoms with van der Waals surface area (Å²) in [6, 6.07) is 6.38. The number of hydrogen-bond acceptors (Lipinski definition) is 14. The summed E-state index contributed by atoms with van der Waals surface area (Å²) in [5.41, 5.74) is 10.7. The van der Waals surface area contributed by atoms with Gasteiger partial charge in [0.05, 0.1) is 26.4 Å². The van der Waals surface area contributed by atoms with Gasteiger partial charge in [-0.15, -0.1) is 0 Å². The molecule has 43 heavy (non-hydrogen) atoms.